The van der Waals surface area contributed by atoms with Crippen molar-refractivity contribution in [2.45, 2.75) is 9.79 Å². The Morgan fingerprint density at radius 2 is 1.37 bits per heavy atom. The Kier molecular flexibility index (Phi) is 3.01. The van der Waals surface area contributed by atoms with Crippen LogP contribution in [0, 0.1) is 0 Å². The van der Waals surface area contributed by atoms with Crippen molar-refractivity contribution in [2.24, 2.45) is 0 Å². The predicted molar refractivity (Wildman–Crippen MR) is 68.0 cm³/mol. The molecule has 0 aromatic heterocycles. The maximum atomic E-state index is 11.2. The van der Waals surface area contributed by atoms with Crippen molar-refractivity contribution in [1.29, 1.82) is 0 Å². The van der Waals surface area contributed by atoms with Crippen LogP contribution in [-0.2, 0) is 20.2 Å². The summed E-state index contributed by atoms with van der Waals surface area (Å²) in [6.07, 6.45) is 0. The summed E-state index contributed by atoms with van der Waals surface area (Å²) in [5, 5.41) is 0.167. The maximum Gasteiger partial charge on any atom is 0.296 e. The Balaban J connectivity index is 2.96. The number of nitrogens with two attached hydrogens (primary N) is 1. The second-order valence-corrected chi connectivity index (χ2v) is 6.56. The molecule has 0 radical (unpaired) electrons. The van der Waals surface area contributed by atoms with Crippen LogP contribution in [-0.4, -0.2) is 25.9 Å². The van der Waals surface area contributed by atoms with E-state index in [1.807, 2.05) is 0 Å². The minimum Gasteiger partial charge on any atom is -0.397 e. The van der Waals surface area contributed by atoms with Crippen LogP contribution in [0.5, 0.6) is 0 Å². The van der Waals surface area contributed by atoms with Crippen LogP contribution >= 0.6 is 0 Å². The van der Waals surface area contributed by atoms with Crippen molar-refractivity contribution >= 4 is 36.7 Å². The number of fused-ring (bicyclic) bond motifs is 1. The molecule has 19 heavy (non-hydrogen) atoms. The third-order valence-electron chi connectivity index (χ3n) is 2.58. The van der Waals surface area contributed by atoms with Crippen molar-refractivity contribution in [3.8, 4) is 0 Å². The molecule has 9 heteroatoms. The summed E-state index contributed by atoms with van der Waals surface area (Å²) in [5.74, 6) is 0. The fraction of sp³-hybridized carbons (Fsp3) is 0. The molecule has 0 bridgehead atoms. The zero-order valence-electron chi connectivity index (χ0n) is 9.31. The van der Waals surface area contributed by atoms with Crippen LogP contribution < -0.4 is 5.73 Å². The molecule has 0 aliphatic carbocycles. The van der Waals surface area contributed by atoms with Crippen LogP contribution in [0.2, 0.25) is 0 Å². The molecule has 0 aliphatic rings. The van der Waals surface area contributed by atoms with E-state index in [1.165, 1.54) is 12.1 Å². The van der Waals surface area contributed by atoms with Gasteiger partial charge in [0.15, 0.2) is 0 Å². The molecule has 0 saturated carbocycles. The fourth-order valence-electron chi connectivity index (χ4n) is 1.78. The molecule has 7 nitrogen and oxygen atoms in total. The largest absolute Gasteiger partial charge is 0.397 e. The highest BCUT2D eigenvalue weighted by molar-refractivity contribution is 7.86. The maximum absolute atomic E-state index is 11.2. The molecule has 0 unspecified atom stereocenters. The summed E-state index contributed by atoms with van der Waals surface area (Å²) >= 11 is 0. The highest BCUT2D eigenvalue weighted by atomic mass is 32.2. The number of anilines is 1. The Bertz CT molecular complexity index is 870. The first-order valence-corrected chi connectivity index (χ1v) is 7.76. The third-order valence-corrected chi connectivity index (χ3v) is 4.40. The summed E-state index contributed by atoms with van der Waals surface area (Å²) < 4.78 is 62.6. The van der Waals surface area contributed by atoms with Gasteiger partial charge in [0.2, 0.25) is 0 Å². The molecule has 4 N–H and O–H groups in total. The summed E-state index contributed by atoms with van der Waals surface area (Å²) in [7, 11) is -8.97. The van der Waals surface area contributed by atoms with E-state index in [-0.39, 0.29) is 16.5 Å². The van der Waals surface area contributed by atoms with Crippen molar-refractivity contribution in [3.05, 3.63) is 30.3 Å². The molecule has 0 amide bonds. The highest BCUT2D eigenvalue weighted by Crippen LogP contribution is 2.31. The average molecular weight is 303 g/mol. The second kappa shape index (κ2) is 4.17. The van der Waals surface area contributed by atoms with Crippen LogP contribution in [0.15, 0.2) is 40.1 Å². The van der Waals surface area contributed by atoms with Gasteiger partial charge in [-0.3, -0.25) is 9.11 Å². The van der Waals surface area contributed by atoms with Crippen LogP contribution in [0.3, 0.4) is 0 Å². The van der Waals surface area contributed by atoms with E-state index in [4.69, 9.17) is 14.8 Å². The van der Waals surface area contributed by atoms with Gasteiger partial charge in [-0.25, -0.2) is 0 Å². The molecule has 102 valence electrons. The van der Waals surface area contributed by atoms with Crippen molar-refractivity contribution in [2.75, 3.05) is 5.73 Å². The van der Waals surface area contributed by atoms with Crippen molar-refractivity contribution < 1.29 is 25.9 Å². The van der Waals surface area contributed by atoms with Crippen LogP contribution in [0.4, 0.5) is 5.69 Å². The predicted octanol–water partition coefficient (Wildman–Crippen LogP) is 0.915. The van der Waals surface area contributed by atoms with Gasteiger partial charge in [-0.2, -0.15) is 16.8 Å². The van der Waals surface area contributed by atoms with E-state index >= 15 is 0 Å². The van der Waals surface area contributed by atoms with E-state index in [0.717, 1.165) is 18.2 Å². The van der Waals surface area contributed by atoms with Gasteiger partial charge in [0.1, 0.15) is 9.79 Å². The third kappa shape index (κ3) is 2.40. The molecule has 0 spiro atoms. The molecule has 0 fully saturated rings. The van der Waals surface area contributed by atoms with Crippen molar-refractivity contribution in [1.82, 2.24) is 0 Å². The number of benzene rings is 2. The minimum atomic E-state index is -4.51. The molecule has 2 aromatic rings. The number of nitrogen functional groups attached to an aromatic ring is 1. The Hall–Kier alpha value is -1.68. The van der Waals surface area contributed by atoms with E-state index in [9.17, 15) is 16.8 Å². The normalized spacial score (nSPS) is 12.7. The topological polar surface area (TPSA) is 135 Å². The van der Waals surface area contributed by atoms with Gasteiger partial charge in [-0.05, 0) is 12.1 Å². The first kappa shape index (κ1) is 13.7. The molecule has 0 heterocycles. The summed E-state index contributed by atoms with van der Waals surface area (Å²) in [6.45, 7) is 0. The lowest BCUT2D eigenvalue weighted by Gasteiger charge is -2.09. The summed E-state index contributed by atoms with van der Waals surface area (Å²) in [4.78, 5) is -0.911. The summed E-state index contributed by atoms with van der Waals surface area (Å²) in [5.41, 5.74) is 5.32. The van der Waals surface area contributed by atoms with E-state index in [0.29, 0.717) is 0 Å². The lowest BCUT2D eigenvalue weighted by molar-refractivity contribution is 0.482. The molecule has 0 saturated heterocycles. The van der Waals surface area contributed by atoms with Gasteiger partial charge in [-0.15, -0.1) is 0 Å². The lowest BCUT2D eigenvalue weighted by Crippen LogP contribution is -2.05. The molecule has 2 aromatic carbocycles. The van der Waals surface area contributed by atoms with E-state index in [2.05, 4.69) is 0 Å². The smallest absolute Gasteiger partial charge is 0.296 e. The van der Waals surface area contributed by atoms with Crippen LogP contribution in [0.25, 0.3) is 10.8 Å². The summed E-state index contributed by atoms with van der Waals surface area (Å²) in [6, 6.07) is 5.97. The minimum absolute atomic E-state index is 0.0647. The van der Waals surface area contributed by atoms with E-state index in [1.54, 1.807) is 0 Å². The van der Waals surface area contributed by atoms with E-state index < -0.39 is 30.0 Å². The fourth-order valence-corrected chi connectivity index (χ4v) is 3.12. The van der Waals surface area contributed by atoms with Gasteiger partial charge < -0.3 is 5.73 Å². The zero-order valence-corrected chi connectivity index (χ0v) is 10.9. The first-order valence-electron chi connectivity index (χ1n) is 4.88. The van der Waals surface area contributed by atoms with Gasteiger partial charge in [-0.1, -0.05) is 18.2 Å². The monoisotopic (exact) mass is 303 g/mol. The van der Waals surface area contributed by atoms with Crippen molar-refractivity contribution in [3.63, 3.8) is 0 Å². The van der Waals surface area contributed by atoms with Gasteiger partial charge in [0.05, 0.1) is 5.69 Å². The van der Waals surface area contributed by atoms with Gasteiger partial charge >= 0.3 is 0 Å². The number of hydrogen-bond donors (Lipinski definition) is 3. The Morgan fingerprint density at radius 1 is 0.789 bits per heavy atom. The zero-order chi connectivity index (χ0) is 14.4. The average Bonchev–Trinajstić information content (AvgIpc) is 2.26. The van der Waals surface area contributed by atoms with Gasteiger partial charge in [0, 0.05) is 10.8 Å². The number of hydrogen-bond acceptors (Lipinski definition) is 5. The lowest BCUT2D eigenvalue weighted by atomic mass is 10.1. The highest BCUT2D eigenvalue weighted by Gasteiger charge is 2.19. The SMILES string of the molecule is Nc1c(S(=O)(=O)O)ccc2c(S(=O)(=O)O)cccc12. The van der Waals surface area contributed by atoms with Gasteiger partial charge in [0.25, 0.3) is 20.2 Å². The first-order chi connectivity index (χ1) is 8.62. The molecule has 0 atom stereocenters. The molecule has 2 rings (SSSR count). The Morgan fingerprint density at radius 3 is 1.89 bits per heavy atom. The second-order valence-electron chi connectivity index (χ2n) is 3.78. The molecular formula is C10H9NO6S2. The molecular weight excluding hydrogens is 294 g/mol. The standard InChI is InChI=1S/C10H9NO6S2/c11-10-7-2-1-3-8(18(12,13)14)6(7)4-5-9(10)19(15,16)17/h1-5H,11H2,(H,12,13,14)(H,15,16,17). The quantitative estimate of drug-likeness (QED) is 0.554. The molecule has 0 aliphatic heterocycles. The number of rotatable bonds is 2. The van der Waals surface area contributed by atoms with Crippen LogP contribution in [0.1, 0.15) is 0 Å². The Labute approximate surface area is 109 Å².